The number of nitrogens with zero attached hydrogens (tertiary/aromatic N) is 1. The number of nitrogens with one attached hydrogen (secondary N) is 1. The zero-order valence-electron chi connectivity index (χ0n) is 14.7. The fraction of sp³-hybridized carbons (Fsp3) is 0.579. The smallest absolute Gasteiger partial charge is 0.226 e. The summed E-state index contributed by atoms with van der Waals surface area (Å²) in [5.74, 6) is 0.287. The standard InChI is InChI=1S/C19H28N2O3/c1-15-6-3-4-7-17(15)14-18(22)21-11-8-16(9-12-21)19(23)20-10-5-13-24-2/h3-4,6-7,16H,5,8-14H2,1-2H3,(H,20,23). The first-order valence-electron chi connectivity index (χ1n) is 8.70. The number of carbonyl (C=O) groups is 2. The number of aryl methyl sites for hydroxylation is 1. The molecule has 1 aliphatic rings. The van der Waals surface area contributed by atoms with Crippen molar-refractivity contribution in [3.8, 4) is 0 Å². The maximum atomic E-state index is 12.5. The second-order valence-corrected chi connectivity index (χ2v) is 6.40. The molecular weight excluding hydrogens is 304 g/mol. The van der Waals surface area contributed by atoms with Crippen LogP contribution in [0.3, 0.4) is 0 Å². The number of benzene rings is 1. The van der Waals surface area contributed by atoms with Gasteiger partial charge >= 0.3 is 0 Å². The largest absolute Gasteiger partial charge is 0.385 e. The van der Waals surface area contributed by atoms with Gasteiger partial charge in [0.25, 0.3) is 0 Å². The molecule has 2 amide bonds. The Labute approximate surface area is 144 Å². The van der Waals surface area contributed by atoms with Crippen molar-refractivity contribution in [2.75, 3.05) is 33.4 Å². The number of methoxy groups -OCH3 is 1. The van der Waals surface area contributed by atoms with E-state index in [1.807, 2.05) is 36.1 Å². The van der Waals surface area contributed by atoms with Crippen molar-refractivity contribution in [2.24, 2.45) is 5.92 Å². The molecule has 1 aromatic rings. The van der Waals surface area contributed by atoms with Crippen LogP contribution in [0.25, 0.3) is 0 Å². The van der Waals surface area contributed by atoms with Gasteiger partial charge in [-0.1, -0.05) is 24.3 Å². The average Bonchev–Trinajstić information content (AvgIpc) is 2.60. The molecule has 1 N–H and O–H groups in total. The van der Waals surface area contributed by atoms with Gasteiger partial charge in [0.1, 0.15) is 0 Å². The molecule has 0 atom stereocenters. The molecule has 1 heterocycles. The summed E-state index contributed by atoms with van der Waals surface area (Å²) in [6.07, 6.45) is 2.77. The fourth-order valence-corrected chi connectivity index (χ4v) is 3.05. The van der Waals surface area contributed by atoms with E-state index >= 15 is 0 Å². The molecule has 1 saturated heterocycles. The van der Waals surface area contributed by atoms with Gasteiger partial charge in [0.2, 0.25) is 11.8 Å². The van der Waals surface area contributed by atoms with Crippen molar-refractivity contribution < 1.29 is 14.3 Å². The van der Waals surface area contributed by atoms with Crippen LogP contribution in [0.4, 0.5) is 0 Å². The van der Waals surface area contributed by atoms with Crippen LogP contribution in [0.2, 0.25) is 0 Å². The molecule has 132 valence electrons. The van der Waals surface area contributed by atoms with E-state index in [4.69, 9.17) is 4.74 Å². The number of piperidine rings is 1. The SMILES string of the molecule is COCCCNC(=O)C1CCN(C(=O)Cc2ccccc2C)CC1. The van der Waals surface area contributed by atoms with Gasteiger partial charge in [-0.05, 0) is 37.3 Å². The van der Waals surface area contributed by atoms with Crippen molar-refractivity contribution in [3.05, 3.63) is 35.4 Å². The zero-order chi connectivity index (χ0) is 17.4. The third-order valence-corrected chi connectivity index (χ3v) is 4.65. The minimum absolute atomic E-state index is 0.0232. The molecule has 5 nitrogen and oxygen atoms in total. The van der Waals surface area contributed by atoms with Crippen LogP contribution in [0, 0.1) is 12.8 Å². The minimum atomic E-state index is 0.0232. The van der Waals surface area contributed by atoms with Crippen molar-refractivity contribution >= 4 is 11.8 Å². The van der Waals surface area contributed by atoms with Gasteiger partial charge in [-0.3, -0.25) is 9.59 Å². The highest BCUT2D eigenvalue weighted by molar-refractivity contribution is 5.81. The van der Waals surface area contributed by atoms with Gasteiger partial charge in [-0.15, -0.1) is 0 Å². The lowest BCUT2D eigenvalue weighted by Gasteiger charge is -2.31. The Hall–Kier alpha value is -1.88. The third-order valence-electron chi connectivity index (χ3n) is 4.65. The molecule has 1 aliphatic heterocycles. The van der Waals surface area contributed by atoms with Gasteiger partial charge in [-0.2, -0.15) is 0 Å². The Morgan fingerprint density at radius 2 is 1.96 bits per heavy atom. The third kappa shape index (κ3) is 5.34. The normalized spacial score (nSPS) is 15.3. The first-order chi connectivity index (χ1) is 11.6. The van der Waals surface area contributed by atoms with Crippen LogP contribution in [0.1, 0.15) is 30.4 Å². The lowest BCUT2D eigenvalue weighted by molar-refractivity contribution is -0.135. The van der Waals surface area contributed by atoms with E-state index in [0.29, 0.717) is 32.7 Å². The number of rotatable bonds is 7. The number of amides is 2. The highest BCUT2D eigenvalue weighted by Gasteiger charge is 2.27. The quantitative estimate of drug-likeness (QED) is 0.776. The molecule has 0 spiro atoms. The summed E-state index contributed by atoms with van der Waals surface area (Å²) in [5, 5.41) is 2.96. The second kappa shape index (κ2) is 9.42. The summed E-state index contributed by atoms with van der Waals surface area (Å²) in [7, 11) is 1.66. The molecule has 0 aliphatic carbocycles. The highest BCUT2D eigenvalue weighted by atomic mass is 16.5. The van der Waals surface area contributed by atoms with Gasteiger partial charge < -0.3 is 15.0 Å². The Morgan fingerprint density at radius 3 is 2.62 bits per heavy atom. The molecule has 1 aromatic carbocycles. The van der Waals surface area contributed by atoms with Gasteiger partial charge in [-0.25, -0.2) is 0 Å². The summed E-state index contributed by atoms with van der Waals surface area (Å²) in [6.45, 7) is 4.68. The molecular formula is C19H28N2O3. The topological polar surface area (TPSA) is 58.6 Å². The number of likely N-dealkylation sites (tertiary alicyclic amines) is 1. The zero-order valence-corrected chi connectivity index (χ0v) is 14.7. The molecule has 1 fully saturated rings. The van der Waals surface area contributed by atoms with Crippen LogP contribution in [0.15, 0.2) is 24.3 Å². The predicted octanol–water partition coefficient (Wildman–Crippen LogP) is 1.93. The second-order valence-electron chi connectivity index (χ2n) is 6.40. The molecule has 5 heteroatoms. The van der Waals surface area contributed by atoms with Crippen LogP contribution in [-0.4, -0.2) is 50.1 Å². The number of carbonyl (C=O) groups excluding carboxylic acids is 2. The number of hydrogen-bond acceptors (Lipinski definition) is 3. The van der Waals surface area contributed by atoms with Crippen molar-refractivity contribution in [2.45, 2.75) is 32.6 Å². The van der Waals surface area contributed by atoms with Gasteiger partial charge in [0, 0.05) is 39.3 Å². The van der Waals surface area contributed by atoms with E-state index in [0.717, 1.165) is 30.4 Å². The fourth-order valence-electron chi connectivity index (χ4n) is 3.05. The Bertz CT molecular complexity index is 551. The Balaban J connectivity index is 1.75. The summed E-state index contributed by atoms with van der Waals surface area (Å²) in [5.41, 5.74) is 2.23. The molecule has 0 aromatic heterocycles. The van der Waals surface area contributed by atoms with E-state index in [2.05, 4.69) is 5.32 Å². The minimum Gasteiger partial charge on any atom is -0.385 e. The van der Waals surface area contributed by atoms with E-state index in [1.165, 1.54) is 0 Å². The summed E-state index contributed by atoms with van der Waals surface area (Å²) < 4.78 is 4.97. The highest BCUT2D eigenvalue weighted by Crippen LogP contribution is 2.19. The summed E-state index contributed by atoms with van der Waals surface area (Å²) >= 11 is 0. The van der Waals surface area contributed by atoms with Crippen LogP contribution < -0.4 is 5.32 Å². The number of ether oxygens (including phenoxy) is 1. The van der Waals surface area contributed by atoms with Gasteiger partial charge in [0.15, 0.2) is 0 Å². The van der Waals surface area contributed by atoms with Crippen molar-refractivity contribution in [1.29, 1.82) is 0 Å². The maximum Gasteiger partial charge on any atom is 0.226 e. The van der Waals surface area contributed by atoms with Crippen LogP contribution in [0.5, 0.6) is 0 Å². The summed E-state index contributed by atoms with van der Waals surface area (Å²) in [6, 6.07) is 7.99. The van der Waals surface area contributed by atoms with E-state index < -0.39 is 0 Å². The maximum absolute atomic E-state index is 12.5. The van der Waals surface area contributed by atoms with Crippen LogP contribution in [-0.2, 0) is 20.7 Å². The lowest BCUT2D eigenvalue weighted by Crippen LogP contribution is -2.43. The van der Waals surface area contributed by atoms with Crippen molar-refractivity contribution in [3.63, 3.8) is 0 Å². The van der Waals surface area contributed by atoms with Crippen LogP contribution >= 0.6 is 0 Å². The van der Waals surface area contributed by atoms with Crippen molar-refractivity contribution in [1.82, 2.24) is 10.2 Å². The lowest BCUT2D eigenvalue weighted by atomic mass is 9.95. The van der Waals surface area contributed by atoms with E-state index in [1.54, 1.807) is 7.11 Å². The molecule has 0 unspecified atom stereocenters. The van der Waals surface area contributed by atoms with Gasteiger partial charge in [0.05, 0.1) is 6.42 Å². The predicted molar refractivity (Wildman–Crippen MR) is 93.7 cm³/mol. The molecule has 0 bridgehead atoms. The Morgan fingerprint density at radius 1 is 1.25 bits per heavy atom. The summed E-state index contributed by atoms with van der Waals surface area (Å²) in [4.78, 5) is 26.5. The molecule has 0 saturated carbocycles. The molecule has 2 rings (SSSR count). The first kappa shape index (κ1) is 18.5. The molecule has 24 heavy (non-hydrogen) atoms. The van der Waals surface area contributed by atoms with E-state index in [-0.39, 0.29) is 17.7 Å². The first-order valence-corrected chi connectivity index (χ1v) is 8.70. The average molecular weight is 332 g/mol. The molecule has 0 radical (unpaired) electrons. The monoisotopic (exact) mass is 332 g/mol. The Kier molecular flexibility index (Phi) is 7.25. The number of hydrogen-bond donors (Lipinski definition) is 1. The van der Waals surface area contributed by atoms with E-state index in [9.17, 15) is 9.59 Å².